The first-order valence-corrected chi connectivity index (χ1v) is 6.30. The molecule has 8 heteroatoms. The molecule has 1 aromatic carbocycles. The lowest BCUT2D eigenvalue weighted by molar-refractivity contribution is -0.274. The molecule has 1 saturated heterocycles. The van der Waals surface area contributed by atoms with Gasteiger partial charge in [-0.2, -0.15) is 0 Å². The van der Waals surface area contributed by atoms with Gasteiger partial charge in [-0.15, -0.1) is 25.6 Å². The Bertz CT molecular complexity index is 465. The molecule has 0 radical (unpaired) electrons. The SMILES string of the molecule is Cl.O=C1NCCCNC1Cc1ccc(OC(F)(F)F)cc1. The number of hydrogen-bond donors (Lipinski definition) is 2. The molecule has 0 aliphatic carbocycles. The molecule has 2 rings (SSSR count). The first kappa shape index (κ1) is 17.6. The Morgan fingerprint density at radius 3 is 2.48 bits per heavy atom. The van der Waals surface area contributed by atoms with Crippen LogP contribution in [0.2, 0.25) is 0 Å². The highest BCUT2D eigenvalue weighted by Gasteiger charge is 2.31. The first-order valence-electron chi connectivity index (χ1n) is 6.30. The van der Waals surface area contributed by atoms with E-state index < -0.39 is 6.36 Å². The second-order valence-corrected chi connectivity index (χ2v) is 4.55. The lowest BCUT2D eigenvalue weighted by Crippen LogP contribution is -2.42. The molecule has 21 heavy (non-hydrogen) atoms. The molecule has 1 unspecified atom stereocenters. The van der Waals surface area contributed by atoms with Gasteiger partial charge >= 0.3 is 6.36 Å². The summed E-state index contributed by atoms with van der Waals surface area (Å²) in [6.07, 6.45) is -3.40. The van der Waals surface area contributed by atoms with Gasteiger partial charge in [0.2, 0.25) is 5.91 Å². The van der Waals surface area contributed by atoms with Crippen LogP contribution in [0.3, 0.4) is 0 Å². The largest absolute Gasteiger partial charge is 0.573 e. The van der Waals surface area contributed by atoms with Crippen molar-refractivity contribution in [2.24, 2.45) is 0 Å². The quantitative estimate of drug-likeness (QED) is 0.894. The van der Waals surface area contributed by atoms with Crippen molar-refractivity contribution >= 4 is 18.3 Å². The summed E-state index contributed by atoms with van der Waals surface area (Å²) < 4.78 is 39.9. The van der Waals surface area contributed by atoms with Crippen LogP contribution in [0.1, 0.15) is 12.0 Å². The van der Waals surface area contributed by atoms with Gasteiger partial charge in [-0.1, -0.05) is 12.1 Å². The van der Waals surface area contributed by atoms with E-state index in [0.717, 1.165) is 18.5 Å². The second-order valence-electron chi connectivity index (χ2n) is 4.55. The minimum atomic E-state index is -4.69. The molecule has 1 aliphatic rings. The average molecular weight is 325 g/mol. The summed E-state index contributed by atoms with van der Waals surface area (Å²) in [5, 5.41) is 5.89. The second kappa shape index (κ2) is 7.51. The van der Waals surface area contributed by atoms with Crippen molar-refractivity contribution in [3.05, 3.63) is 29.8 Å². The normalized spacial score (nSPS) is 19.2. The van der Waals surface area contributed by atoms with Crippen LogP contribution in [-0.4, -0.2) is 31.4 Å². The molecule has 1 heterocycles. The van der Waals surface area contributed by atoms with Crippen molar-refractivity contribution in [1.29, 1.82) is 0 Å². The summed E-state index contributed by atoms with van der Waals surface area (Å²) in [6.45, 7) is 1.37. The third-order valence-electron chi connectivity index (χ3n) is 2.96. The van der Waals surface area contributed by atoms with E-state index in [0.29, 0.717) is 13.0 Å². The van der Waals surface area contributed by atoms with Crippen molar-refractivity contribution < 1.29 is 22.7 Å². The highest BCUT2D eigenvalue weighted by Crippen LogP contribution is 2.23. The van der Waals surface area contributed by atoms with Crippen LogP contribution in [0.15, 0.2) is 24.3 Å². The number of alkyl halides is 3. The molecule has 0 saturated carbocycles. The molecule has 1 fully saturated rings. The van der Waals surface area contributed by atoms with Crippen LogP contribution in [0.4, 0.5) is 13.2 Å². The predicted octanol–water partition coefficient (Wildman–Crippen LogP) is 2.03. The Morgan fingerprint density at radius 1 is 1.19 bits per heavy atom. The van der Waals surface area contributed by atoms with E-state index in [-0.39, 0.29) is 30.1 Å². The number of nitrogens with one attached hydrogen (secondary N) is 2. The van der Waals surface area contributed by atoms with Crippen molar-refractivity contribution in [3.63, 3.8) is 0 Å². The van der Waals surface area contributed by atoms with Gasteiger partial charge in [0.25, 0.3) is 0 Å². The fraction of sp³-hybridized carbons (Fsp3) is 0.462. The maximum atomic E-state index is 12.0. The number of carbonyl (C=O) groups is 1. The highest BCUT2D eigenvalue weighted by atomic mass is 35.5. The molecule has 1 amide bonds. The molecule has 0 spiro atoms. The van der Waals surface area contributed by atoms with Gasteiger partial charge in [-0.3, -0.25) is 4.79 Å². The van der Waals surface area contributed by atoms with Crippen molar-refractivity contribution in [2.75, 3.05) is 13.1 Å². The third-order valence-corrected chi connectivity index (χ3v) is 2.96. The Hall–Kier alpha value is -1.47. The van der Waals surface area contributed by atoms with E-state index in [1.807, 2.05) is 0 Å². The minimum absolute atomic E-state index is 0. The van der Waals surface area contributed by atoms with E-state index in [4.69, 9.17) is 0 Å². The van der Waals surface area contributed by atoms with Crippen molar-refractivity contribution in [2.45, 2.75) is 25.2 Å². The van der Waals surface area contributed by atoms with Gasteiger partial charge in [0.05, 0.1) is 6.04 Å². The molecule has 1 aliphatic heterocycles. The van der Waals surface area contributed by atoms with Gasteiger partial charge in [-0.25, -0.2) is 0 Å². The zero-order chi connectivity index (χ0) is 14.6. The van der Waals surface area contributed by atoms with Gasteiger partial charge in [-0.05, 0) is 37.1 Å². The topological polar surface area (TPSA) is 50.4 Å². The summed E-state index contributed by atoms with van der Waals surface area (Å²) in [7, 11) is 0. The summed E-state index contributed by atoms with van der Waals surface area (Å²) in [5.74, 6) is -0.349. The number of ether oxygens (including phenoxy) is 1. The number of carbonyl (C=O) groups excluding carboxylic acids is 1. The molecule has 2 N–H and O–H groups in total. The molecule has 4 nitrogen and oxygen atoms in total. The smallest absolute Gasteiger partial charge is 0.406 e. The number of benzene rings is 1. The number of hydrogen-bond acceptors (Lipinski definition) is 3. The summed E-state index contributed by atoms with van der Waals surface area (Å²) in [5.41, 5.74) is 0.772. The maximum absolute atomic E-state index is 12.0. The summed E-state index contributed by atoms with van der Waals surface area (Å²) in [6, 6.07) is 5.20. The van der Waals surface area contributed by atoms with Gasteiger partial charge in [0, 0.05) is 6.54 Å². The van der Waals surface area contributed by atoms with E-state index in [1.165, 1.54) is 24.3 Å². The monoisotopic (exact) mass is 324 g/mol. The van der Waals surface area contributed by atoms with Crippen molar-refractivity contribution in [1.82, 2.24) is 10.6 Å². The zero-order valence-corrected chi connectivity index (χ0v) is 11.9. The van der Waals surface area contributed by atoms with Gasteiger partial charge in [0.15, 0.2) is 0 Å². The van der Waals surface area contributed by atoms with E-state index in [2.05, 4.69) is 15.4 Å². The molecular formula is C13H16ClF3N2O2. The highest BCUT2D eigenvalue weighted by molar-refractivity contribution is 5.85. The van der Waals surface area contributed by atoms with E-state index >= 15 is 0 Å². The third kappa shape index (κ3) is 5.81. The lowest BCUT2D eigenvalue weighted by atomic mass is 10.1. The Balaban J connectivity index is 0.00000220. The maximum Gasteiger partial charge on any atom is 0.573 e. The number of rotatable bonds is 3. The van der Waals surface area contributed by atoms with Gasteiger partial charge < -0.3 is 15.4 Å². The molecule has 0 aromatic heterocycles. The van der Waals surface area contributed by atoms with E-state index in [9.17, 15) is 18.0 Å². The summed E-state index contributed by atoms with van der Waals surface area (Å²) >= 11 is 0. The Kier molecular flexibility index (Phi) is 6.29. The van der Waals surface area contributed by atoms with Crippen LogP contribution in [-0.2, 0) is 11.2 Å². The molecule has 0 bridgehead atoms. The number of halogens is 4. The fourth-order valence-corrected chi connectivity index (χ4v) is 2.02. The van der Waals surface area contributed by atoms with Crippen molar-refractivity contribution in [3.8, 4) is 5.75 Å². The van der Waals surface area contributed by atoms with Crippen LogP contribution in [0, 0.1) is 0 Å². The van der Waals surface area contributed by atoms with Crippen LogP contribution < -0.4 is 15.4 Å². The first-order chi connectivity index (χ1) is 9.44. The standard InChI is InChI=1S/C13H15F3N2O2.ClH/c14-13(15,16)20-10-4-2-9(3-5-10)8-11-12(19)18-7-1-6-17-11;/h2-5,11,17H,1,6-8H2,(H,18,19);1H. The zero-order valence-electron chi connectivity index (χ0n) is 11.1. The lowest BCUT2D eigenvalue weighted by Gasteiger charge is -2.15. The van der Waals surface area contributed by atoms with Crippen LogP contribution in [0.25, 0.3) is 0 Å². The molecule has 1 atom stereocenters. The molecule has 1 aromatic rings. The molecule has 118 valence electrons. The average Bonchev–Trinajstić information content (AvgIpc) is 2.56. The number of amides is 1. The fourth-order valence-electron chi connectivity index (χ4n) is 2.02. The van der Waals surface area contributed by atoms with Crippen LogP contribution in [0.5, 0.6) is 5.75 Å². The Morgan fingerprint density at radius 2 is 1.86 bits per heavy atom. The molecular weight excluding hydrogens is 309 g/mol. The minimum Gasteiger partial charge on any atom is -0.406 e. The Labute approximate surface area is 126 Å². The summed E-state index contributed by atoms with van der Waals surface area (Å²) in [4.78, 5) is 11.7. The van der Waals surface area contributed by atoms with Crippen LogP contribution >= 0.6 is 12.4 Å². The predicted molar refractivity (Wildman–Crippen MR) is 73.5 cm³/mol. The van der Waals surface area contributed by atoms with Gasteiger partial charge in [0.1, 0.15) is 5.75 Å². The van der Waals surface area contributed by atoms with E-state index in [1.54, 1.807) is 0 Å².